The van der Waals surface area contributed by atoms with Gasteiger partial charge in [0, 0.05) is 19.0 Å². The van der Waals surface area contributed by atoms with E-state index in [4.69, 9.17) is 9.47 Å². The van der Waals surface area contributed by atoms with Crippen LogP contribution in [0.4, 0.5) is 0 Å². The molecule has 1 aliphatic carbocycles. The van der Waals surface area contributed by atoms with Crippen molar-refractivity contribution in [1.82, 2.24) is 19.7 Å². The van der Waals surface area contributed by atoms with Gasteiger partial charge in [0.25, 0.3) is 0 Å². The predicted molar refractivity (Wildman–Crippen MR) is 105 cm³/mol. The third-order valence-corrected chi connectivity index (χ3v) is 6.37. The second-order valence-electron chi connectivity index (χ2n) is 8.34. The lowest BCUT2D eigenvalue weighted by atomic mass is 9.88. The molecule has 2 aliphatic heterocycles. The average molecular weight is 384 g/mol. The summed E-state index contributed by atoms with van der Waals surface area (Å²) in [5, 5.41) is 4.65. The molecular formula is C21H28N4O3. The van der Waals surface area contributed by atoms with E-state index in [1.165, 1.54) is 43.3 Å². The number of hydrogen-bond donors (Lipinski definition) is 1. The van der Waals surface area contributed by atoms with Gasteiger partial charge in [-0.1, -0.05) is 25.3 Å². The van der Waals surface area contributed by atoms with Gasteiger partial charge in [-0.25, -0.2) is 4.79 Å². The van der Waals surface area contributed by atoms with Crippen LogP contribution in [-0.2, 0) is 0 Å². The Morgan fingerprint density at radius 2 is 2.00 bits per heavy atom. The number of piperidine rings is 1. The van der Waals surface area contributed by atoms with Crippen molar-refractivity contribution in [2.75, 3.05) is 26.4 Å². The molecule has 28 heavy (non-hydrogen) atoms. The smallest absolute Gasteiger partial charge is 0.348 e. The number of hydrogen-bond acceptors (Lipinski definition) is 5. The Morgan fingerprint density at radius 3 is 2.89 bits per heavy atom. The van der Waals surface area contributed by atoms with Gasteiger partial charge in [-0.15, -0.1) is 5.10 Å². The molecule has 0 bridgehead atoms. The van der Waals surface area contributed by atoms with Crippen molar-refractivity contribution >= 4 is 0 Å². The van der Waals surface area contributed by atoms with Crippen LogP contribution >= 0.6 is 0 Å². The highest BCUT2D eigenvalue weighted by Gasteiger charge is 2.28. The van der Waals surface area contributed by atoms with E-state index in [2.05, 4.69) is 15.0 Å². The van der Waals surface area contributed by atoms with Crippen molar-refractivity contribution in [3.8, 4) is 17.2 Å². The van der Waals surface area contributed by atoms with Crippen LogP contribution in [0, 0.1) is 5.92 Å². The largest absolute Gasteiger partial charge is 0.454 e. The molecule has 1 saturated heterocycles. The first-order valence-corrected chi connectivity index (χ1v) is 10.6. The molecular weight excluding hydrogens is 356 g/mol. The van der Waals surface area contributed by atoms with E-state index >= 15 is 0 Å². The van der Waals surface area contributed by atoms with Crippen molar-refractivity contribution in [1.29, 1.82) is 0 Å². The van der Waals surface area contributed by atoms with E-state index in [1.807, 2.05) is 18.2 Å². The molecule has 5 rings (SSSR count). The van der Waals surface area contributed by atoms with E-state index in [0.29, 0.717) is 17.2 Å². The van der Waals surface area contributed by atoms with Crippen molar-refractivity contribution in [3.63, 3.8) is 0 Å². The zero-order valence-electron chi connectivity index (χ0n) is 16.2. The number of para-hydroxylation sites is 1. The number of likely N-dealkylation sites (tertiary alicyclic amines) is 1. The molecule has 7 nitrogen and oxygen atoms in total. The summed E-state index contributed by atoms with van der Waals surface area (Å²) in [7, 11) is 0. The highest BCUT2D eigenvalue weighted by molar-refractivity contribution is 5.56. The second kappa shape index (κ2) is 7.62. The highest BCUT2D eigenvalue weighted by atomic mass is 16.7. The van der Waals surface area contributed by atoms with Gasteiger partial charge in [0.1, 0.15) is 11.5 Å². The minimum atomic E-state index is -0.219. The average Bonchev–Trinajstić information content (AvgIpc) is 3.35. The monoisotopic (exact) mass is 384 g/mol. The first-order valence-electron chi connectivity index (χ1n) is 10.6. The van der Waals surface area contributed by atoms with Crippen LogP contribution in [-0.4, -0.2) is 46.1 Å². The van der Waals surface area contributed by atoms with Crippen LogP contribution in [0.1, 0.15) is 56.7 Å². The Kier molecular flexibility index (Phi) is 4.84. The lowest BCUT2D eigenvalue weighted by molar-refractivity contribution is 0.158. The van der Waals surface area contributed by atoms with E-state index in [9.17, 15) is 4.79 Å². The van der Waals surface area contributed by atoms with Crippen LogP contribution in [0.3, 0.4) is 0 Å². The van der Waals surface area contributed by atoms with Crippen molar-refractivity contribution in [2.24, 2.45) is 5.92 Å². The quantitative estimate of drug-likeness (QED) is 0.877. The minimum absolute atomic E-state index is 0.178. The molecule has 0 amide bonds. The molecule has 1 unspecified atom stereocenters. The molecule has 3 heterocycles. The summed E-state index contributed by atoms with van der Waals surface area (Å²) < 4.78 is 12.4. The maximum atomic E-state index is 12.6. The topological polar surface area (TPSA) is 72.4 Å². The number of rotatable bonds is 4. The van der Waals surface area contributed by atoms with Gasteiger partial charge in [0.15, 0.2) is 11.5 Å². The van der Waals surface area contributed by atoms with E-state index in [-0.39, 0.29) is 18.4 Å². The predicted octanol–water partition coefficient (Wildman–Crippen LogP) is 3.05. The maximum Gasteiger partial charge on any atom is 0.348 e. The number of H-pyrrole nitrogens is 1. The molecule has 1 aromatic heterocycles. The van der Waals surface area contributed by atoms with Crippen molar-refractivity contribution < 1.29 is 9.47 Å². The fourth-order valence-corrected chi connectivity index (χ4v) is 4.95. The molecule has 1 aromatic carbocycles. The van der Waals surface area contributed by atoms with Crippen LogP contribution < -0.4 is 15.2 Å². The summed E-state index contributed by atoms with van der Waals surface area (Å²) >= 11 is 0. The van der Waals surface area contributed by atoms with Gasteiger partial charge in [0.05, 0.1) is 0 Å². The highest BCUT2D eigenvalue weighted by Crippen LogP contribution is 2.37. The molecule has 0 spiro atoms. The molecule has 2 fully saturated rings. The Labute approximate surface area is 164 Å². The lowest BCUT2D eigenvalue weighted by Gasteiger charge is -2.35. The summed E-state index contributed by atoms with van der Waals surface area (Å²) in [5.41, 5.74) is 0.417. The van der Waals surface area contributed by atoms with Crippen LogP contribution in [0.5, 0.6) is 11.5 Å². The molecule has 150 valence electrons. The van der Waals surface area contributed by atoms with Gasteiger partial charge < -0.3 is 14.4 Å². The number of nitrogens with zero attached hydrogens (tertiary/aromatic N) is 3. The summed E-state index contributed by atoms with van der Waals surface area (Å²) in [4.78, 5) is 18.2. The minimum Gasteiger partial charge on any atom is -0.454 e. The fraction of sp³-hybridized carbons (Fsp3) is 0.619. The Morgan fingerprint density at radius 1 is 1.11 bits per heavy atom. The summed E-state index contributed by atoms with van der Waals surface area (Å²) in [6.45, 7) is 3.52. The number of benzene rings is 1. The molecule has 3 aliphatic rings. The second-order valence-corrected chi connectivity index (χ2v) is 8.34. The van der Waals surface area contributed by atoms with Crippen LogP contribution in [0.15, 0.2) is 23.0 Å². The fourth-order valence-electron chi connectivity index (χ4n) is 4.95. The van der Waals surface area contributed by atoms with E-state index in [0.717, 1.165) is 37.7 Å². The first kappa shape index (κ1) is 17.8. The van der Waals surface area contributed by atoms with Gasteiger partial charge in [-0.3, -0.25) is 4.98 Å². The van der Waals surface area contributed by atoms with Gasteiger partial charge in [0.2, 0.25) is 6.79 Å². The first-order chi connectivity index (χ1) is 13.8. The van der Waals surface area contributed by atoms with E-state index < -0.39 is 0 Å². The Hall–Kier alpha value is -2.28. The SMILES string of the molecule is O=c1[nH]c(C2CCCN(CC3CCCCC3)C2)nn1-c1cccc2c1OCO2. The third kappa shape index (κ3) is 3.43. The number of nitrogens with one attached hydrogen (secondary N) is 1. The van der Waals surface area contributed by atoms with Crippen LogP contribution in [0.2, 0.25) is 0 Å². The van der Waals surface area contributed by atoms with Gasteiger partial charge >= 0.3 is 5.69 Å². The zero-order valence-corrected chi connectivity index (χ0v) is 16.2. The summed E-state index contributed by atoms with van der Waals surface area (Å²) in [6, 6.07) is 5.54. The van der Waals surface area contributed by atoms with E-state index in [1.54, 1.807) is 0 Å². The normalized spacial score (nSPS) is 23.2. The Balaban J connectivity index is 1.34. The molecule has 1 saturated carbocycles. The van der Waals surface area contributed by atoms with Crippen LogP contribution in [0.25, 0.3) is 5.69 Å². The standard InChI is InChI=1S/C21H28N4O3/c26-21-22-20(23-25(21)17-9-4-10-18-19(17)28-14-27-18)16-8-5-11-24(13-16)12-15-6-2-1-3-7-15/h4,9-10,15-16H,1-3,5-8,11-14H2,(H,22,23,26). The maximum absolute atomic E-state index is 12.6. The molecule has 0 radical (unpaired) electrons. The lowest BCUT2D eigenvalue weighted by Crippen LogP contribution is -2.38. The zero-order chi connectivity index (χ0) is 18.9. The number of aromatic amines is 1. The molecule has 1 N–H and O–H groups in total. The molecule has 1 atom stereocenters. The number of ether oxygens (including phenoxy) is 2. The third-order valence-electron chi connectivity index (χ3n) is 6.37. The summed E-state index contributed by atoms with van der Waals surface area (Å²) in [5.74, 6) is 3.15. The van der Waals surface area contributed by atoms with Crippen molar-refractivity contribution in [3.05, 3.63) is 34.5 Å². The number of fused-ring (bicyclic) bond motifs is 1. The summed E-state index contributed by atoms with van der Waals surface area (Å²) in [6.07, 6.45) is 9.13. The Bertz CT molecular complexity index is 884. The number of aromatic nitrogens is 3. The van der Waals surface area contributed by atoms with Crippen molar-refractivity contribution in [2.45, 2.75) is 50.9 Å². The molecule has 2 aromatic rings. The van der Waals surface area contributed by atoms with Gasteiger partial charge in [-0.2, -0.15) is 4.68 Å². The molecule has 7 heteroatoms. The van der Waals surface area contributed by atoms with Gasteiger partial charge in [-0.05, 0) is 50.3 Å².